The van der Waals surface area contributed by atoms with Crippen LogP contribution in [0.4, 0.5) is 0 Å². The molecule has 2 aliphatic rings. The predicted octanol–water partition coefficient (Wildman–Crippen LogP) is 1.81. The van der Waals surface area contributed by atoms with Gasteiger partial charge in [-0.25, -0.2) is 0 Å². The van der Waals surface area contributed by atoms with Gasteiger partial charge in [-0.15, -0.1) is 0 Å². The van der Waals surface area contributed by atoms with Crippen molar-refractivity contribution in [2.45, 2.75) is 63.0 Å². The highest BCUT2D eigenvalue weighted by Gasteiger charge is 2.41. The van der Waals surface area contributed by atoms with Crippen molar-refractivity contribution in [2.24, 2.45) is 11.7 Å². The summed E-state index contributed by atoms with van der Waals surface area (Å²) in [6.45, 7) is 0. The second-order valence-electron chi connectivity index (χ2n) is 4.95. The molecule has 2 fully saturated rings. The molecule has 0 aromatic rings. The van der Waals surface area contributed by atoms with E-state index in [4.69, 9.17) is 5.73 Å². The van der Waals surface area contributed by atoms with Gasteiger partial charge < -0.3 is 10.8 Å². The Kier molecular flexibility index (Phi) is 2.61. The van der Waals surface area contributed by atoms with Crippen molar-refractivity contribution < 1.29 is 5.11 Å². The Morgan fingerprint density at radius 1 is 1.23 bits per heavy atom. The maximum atomic E-state index is 10.0. The lowest BCUT2D eigenvalue weighted by Crippen LogP contribution is -2.53. The van der Waals surface area contributed by atoms with Crippen LogP contribution in [0.15, 0.2) is 0 Å². The van der Waals surface area contributed by atoms with Crippen molar-refractivity contribution in [2.75, 3.05) is 0 Å². The van der Waals surface area contributed by atoms with Crippen molar-refractivity contribution in [3.8, 4) is 0 Å². The lowest BCUT2D eigenvalue weighted by molar-refractivity contribution is -0.0599. The number of hydrogen-bond acceptors (Lipinski definition) is 2. The third kappa shape index (κ3) is 1.89. The Balaban J connectivity index is 1.79. The molecule has 13 heavy (non-hydrogen) atoms. The van der Waals surface area contributed by atoms with Crippen LogP contribution in [0.1, 0.15) is 51.4 Å². The highest BCUT2D eigenvalue weighted by molar-refractivity contribution is 4.97. The first kappa shape index (κ1) is 9.47. The van der Waals surface area contributed by atoms with E-state index >= 15 is 0 Å². The first-order valence-corrected chi connectivity index (χ1v) is 5.69. The van der Waals surface area contributed by atoms with Gasteiger partial charge in [0.1, 0.15) is 0 Å². The molecule has 2 heteroatoms. The molecular formula is C11H21NO. The summed E-state index contributed by atoms with van der Waals surface area (Å²) >= 11 is 0. The third-order valence-electron chi connectivity index (χ3n) is 3.97. The summed E-state index contributed by atoms with van der Waals surface area (Å²) in [6.07, 6.45) is 9.49. The van der Waals surface area contributed by atoms with E-state index in [2.05, 4.69) is 0 Å². The monoisotopic (exact) mass is 183 g/mol. The Morgan fingerprint density at radius 3 is 2.31 bits per heavy atom. The van der Waals surface area contributed by atoms with Crippen LogP contribution in [0.3, 0.4) is 0 Å². The van der Waals surface area contributed by atoms with E-state index in [0.717, 1.165) is 31.6 Å². The molecule has 1 atom stereocenters. The van der Waals surface area contributed by atoms with Gasteiger partial charge in [0.15, 0.2) is 0 Å². The van der Waals surface area contributed by atoms with Crippen LogP contribution in [0.5, 0.6) is 0 Å². The summed E-state index contributed by atoms with van der Waals surface area (Å²) in [6, 6.07) is 0.0457. The van der Waals surface area contributed by atoms with E-state index in [9.17, 15) is 5.11 Å². The van der Waals surface area contributed by atoms with Crippen molar-refractivity contribution in [1.82, 2.24) is 0 Å². The first-order chi connectivity index (χ1) is 6.21. The van der Waals surface area contributed by atoms with Crippen LogP contribution in [-0.2, 0) is 0 Å². The largest absolute Gasteiger partial charge is 0.388 e. The molecular weight excluding hydrogens is 162 g/mol. The Morgan fingerprint density at radius 2 is 1.85 bits per heavy atom. The second kappa shape index (κ2) is 3.58. The second-order valence-corrected chi connectivity index (χ2v) is 4.95. The fourth-order valence-corrected chi connectivity index (χ4v) is 2.73. The molecule has 0 aromatic carbocycles. The van der Waals surface area contributed by atoms with Gasteiger partial charge in [0.05, 0.1) is 5.60 Å². The number of rotatable bonds is 3. The molecule has 0 amide bonds. The maximum Gasteiger partial charge on any atom is 0.0798 e. The number of nitrogens with two attached hydrogens (primary N) is 1. The summed E-state index contributed by atoms with van der Waals surface area (Å²) < 4.78 is 0. The molecule has 0 aromatic heterocycles. The lowest BCUT2D eigenvalue weighted by Gasteiger charge is -2.42. The van der Waals surface area contributed by atoms with Crippen LogP contribution in [-0.4, -0.2) is 16.7 Å². The summed E-state index contributed by atoms with van der Waals surface area (Å²) in [5, 5.41) is 10.0. The molecule has 3 N–H and O–H groups in total. The van der Waals surface area contributed by atoms with Gasteiger partial charge in [0.2, 0.25) is 0 Å². The van der Waals surface area contributed by atoms with E-state index in [1.165, 1.54) is 25.7 Å². The number of aliphatic hydroxyl groups is 1. The smallest absolute Gasteiger partial charge is 0.0798 e. The Labute approximate surface area is 80.5 Å². The fourth-order valence-electron chi connectivity index (χ4n) is 2.73. The van der Waals surface area contributed by atoms with Gasteiger partial charge in [-0.3, -0.25) is 0 Å². The summed E-state index contributed by atoms with van der Waals surface area (Å²) in [5.74, 6) is 0.805. The Bertz CT molecular complexity index is 171. The zero-order chi connectivity index (χ0) is 9.31. The molecule has 1 unspecified atom stereocenters. The average Bonchev–Trinajstić information content (AvgIpc) is 2.52. The van der Waals surface area contributed by atoms with Crippen LogP contribution < -0.4 is 5.73 Å². The molecule has 0 heterocycles. The molecule has 0 saturated heterocycles. The molecule has 2 nitrogen and oxygen atoms in total. The van der Waals surface area contributed by atoms with Crippen LogP contribution in [0.2, 0.25) is 0 Å². The minimum Gasteiger partial charge on any atom is -0.388 e. The number of hydrogen-bond donors (Lipinski definition) is 2. The molecule has 0 spiro atoms. The summed E-state index contributed by atoms with van der Waals surface area (Å²) in [5.41, 5.74) is 5.56. The first-order valence-electron chi connectivity index (χ1n) is 5.69. The molecule has 0 bridgehead atoms. The minimum atomic E-state index is -0.484. The minimum absolute atomic E-state index is 0.0457. The van der Waals surface area contributed by atoms with Gasteiger partial charge in [-0.05, 0) is 31.6 Å². The van der Waals surface area contributed by atoms with Crippen LogP contribution in [0, 0.1) is 5.92 Å². The van der Waals surface area contributed by atoms with Crippen molar-refractivity contribution in [3.63, 3.8) is 0 Å². The third-order valence-corrected chi connectivity index (χ3v) is 3.97. The van der Waals surface area contributed by atoms with E-state index in [0.29, 0.717) is 0 Å². The van der Waals surface area contributed by atoms with E-state index in [1.54, 1.807) is 0 Å². The molecule has 0 radical (unpaired) electrons. The molecule has 2 aliphatic carbocycles. The lowest BCUT2D eigenvalue weighted by atomic mass is 9.72. The van der Waals surface area contributed by atoms with Gasteiger partial charge in [-0.2, -0.15) is 0 Å². The molecule has 76 valence electrons. The van der Waals surface area contributed by atoms with Crippen LogP contribution in [0.25, 0.3) is 0 Å². The molecule has 0 aliphatic heterocycles. The van der Waals surface area contributed by atoms with Crippen molar-refractivity contribution in [1.29, 1.82) is 0 Å². The highest BCUT2D eigenvalue weighted by Crippen LogP contribution is 2.38. The fraction of sp³-hybridized carbons (Fsp3) is 1.00. The SMILES string of the molecule is NC(CC1CCCC1)C1(O)CCC1. The van der Waals surface area contributed by atoms with Gasteiger partial charge in [0.25, 0.3) is 0 Å². The zero-order valence-corrected chi connectivity index (χ0v) is 8.34. The predicted molar refractivity (Wildman–Crippen MR) is 53.4 cm³/mol. The standard InChI is InChI=1S/C11H21NO/c12-10(11(13)6-3-7-11)8-9-4-1-2-5-9/h9-10,13H,1-8,12H2. The van der Waals surface area contributed by atoms with Crippen molar-refractivity contribution in [3.05, 3.63) is 0 Å². The normalized spacial score (nSPS) is 30.0. The summed E-state index contributed by atoms with van der Waals surface area (Å²) in [7, 11) is 0. The molecule has 2 saturated carbocycles. The zero-order valence-electron chi connectivity index (χ0n) is 8.34. The van der Waals surface area contributed by atoms with Gasteiger partial charge in [-0.1, -0.05) is 25.7 Å². The maximum absolute atomic E-state index is 10.0. The van der Waals surface area contributed by atoms with Gasteiger partial charge in [0, 0.05) is 6.04 Å². The van der Waals surface area contributed by atoms with E-state index in [1.807, 2.05) is 0 Å². The topological polar surface area (TPSA) is 46.2 Å². The van der Waals surface area contributed by atoms with E-state index < -0.39 is 5.60 Å². The van der Waals surface area contributed by atoms with Gasteiger partial charge >= 0.3 is 0 Å². The average molecular weight is 183 g/mol. The molecule has 2 rings (SSSR count). The quantitative estimate of drug-likeness (QED) is 0.701. The van der Waals surface area contributed by atoms with Crippen LogP contribution >= 0.6 is 0 Å². The van der Waals surface area contributed by atoms with E-state index in [-0.39, 0.29) is 6.04 Å². The van der Waals surface area contributed by atoms with Crippen molar-refractivity contribution >= 4 is 0 Å². The highest BCUT2D eigenvalue weighted by atomic mass is 16.3. The Hall–Kier alpha value is -0.0800. The summed E-state index contributed by atoms with van der Waals surface area (Å²) in [4.78, 5) is 0.